The minimum atomic E-state index is -0.276. The zero-order chi connectivity index (χ0) is 18.2. The number of aromatic nitrogens is 2. The number of carbonyl (C=O) groups excluding carboxylic acids is 1. The van der Waals surface area contributed by atoms with Crippen LogP contribution in [0.4, 0.5) is 0 Å². The first-order valence-electron chi connectivity index (χ1n) is 7.99. The Balaban J connectivity index is 1.45. The van der Waals surface area contributed by atoms with Crippen LogP contribution in [0.1, 0.15) is 21.6 Å². The van der Waals surface area contributed by atoms with Gasteiger partial charge in [0.2, 0.25) is 0 Å². The normalized spacial score (nSPS) is 10.3. The van der Waals surface area contributed by atoms with Gasteiger partial charge >= 0.3 is 0 Å². The van der Waals surface area contributed by atoms with E-state index in [1.807, 2.05) is 30.3 Å². The number of nitrogens with one attached hydrogen (secondary N) is 1. The lowest BCUT2D eigenvalue weighted by Gasteiger charge is -2.05. The maximum absolute atomic E-state index is 12.1. The summed E-state index contributed by atoms with van der Waals surface area (Å²) in [5.41, 5.74) is 2.70. The van der Waals surface area contributed by atoms with Crippen LogP contribution in [0.5, 0.6) is 0 Å². The third-order valence-electron chi connectivity index (χ3n) is 3.62. The largest absolute Gasteiger partial charge is 0.355 e. The molecule has 2 heterocycles. The van der Waals surface area contributed by atoms with Crippen LogP contribution in [0.3, 0.4) is 0 Å². The zero-order valence-electron chi connectivity index (χ0n) is 13.9. The van der Waals surface area contributed by atoms with Crippen LogP contribution < -0.4 is 5.32 Å². The quantitative estimate of drug-likeness (QED) is 0.647. The number of hydrogen-bond acceptors (Lipinski definition) is 6. The number of hydrogen-bond donors (Lipinski definition) is 1. The van der Waals surface area contributed by atoms with E-state index < -0.39 is 0 Å². The molecule has 0 saturated heterocycles. The Morgan fingerprint density at radius 2 is 2.15 bits per heavy atom. The van der Waals surface area contributed by atoms with Gasteiger partial charge < -0.3 is 9.84 Å². The average molecular weight is 364 g/mol. The molecule has 0 aliphatic heterocycles. The summed E-state index contributed by atoms with van der Waals surface area (Å²) in [5, 5.41) is 15.7. The van der Waals surface area contributed by atoms with Crippen molar-refractivity contribution in [2.45, 2.75) is 5.75 Å². The molecule has 0 aliphatic rings. The lowest BCUT2D eigenvalue weighted by atomic mass is 10.1. The summed E-state index contributed by atoms with van der Waals surface area (Å²) >= 11 is 1.66. The second-order valence-corrected chi connectivity index (χ2v) is 6.50. The number of nitriles is 1. The molecule has 1 amide bonds. The highest BCUT2D eigenvalue weighted by atomic mass is 32.2. The van der Waals surface area contributed by atoms with Gasteiger partial charge in [-0.15, -0.1) is 0 Å². The number of thioether (sulfide) groups is 1. The van der Waals surface area contributed by atoms with E-state index in [0.717, 1.165) is 22.6 Å². The minimum absolute atomic E-state index is 0.240. The molecule has 3 rings (SSSR count). The molecule has 0 saturated carbocycles. The number of rotatable bonds is 7. The van der Waals surface area contributed by atoms with Gasteiger partial charge in [-0.1, -0.05) is 23.4 Å². The second-order valence-electron chi connectivity index (χ2n) is 5.40. The van der Waals surface area contributed by atoms with Crippen LogP contribution in [0.2, 0.25) is 0 Å². The van der Waals surface area contributed by atoms with Gasteiger partial charge in [0, 0.05) is 42.1 Å². The van der Waals surface area contributed by atoms with Crippen LogP contribution in [-0.2, 0) is 5.75 Å². The Kier molecular flexibility index (Phi) is 6.01. The van der Waals surface area contributed by atoms with Gasteiger partial charge in [0.05, 0.1) is 11.6 Å². The molecular weight excluding hydrogens is 348 g/mol. The molecule has 0 unspecified atom stereocenters. The van der Waals surface area contributed by atoms with Crippen molar-refractivity contribution in [1.29, 1.82) is 5.26 Å². The summed E-state index contributed by atoms with van der Waals surface area (Å²) in [4.78, 5) is 16.1. The molecule has 0 bridgehead atoms. The number of benzene rings is 1. The lowest BCUT2D eigenvalue weighted by Crippen LogP contribution is -2.26. The van der Waals surface area contributed by atoms with Crippen molar-refractivity contribution in [3.05, 3.63) is 71.7 Å². The number of carbonyl (C=O) groups is 1. The van der Waals surface area contributed by atoms with Crippen molar-refractivity contribution in [3.63, 3.8) is 0 Å². The van der Waals surface area contributed by atoms with Crippen molar-refractivity contribution in [3.8, 4) is 17.4 Å². The Labute approximate surface area is 155 Å². The highest BCUT2D eigenvalue weighted by Crippen LogP contribution is 2.19. The van der Waals surface area contributed by atoms with E-state index in [-0.39, 0.29) is 11.6 Å². The summed E-state index contributed by atoms with van der Waals surface area (Å²) in [6.07, 6.45) is 3.32. The number of amides is 1. The van der Waals surface area contributed by atoms with E-state index >= 15 is 0 Å². The van der Waals surface area contributed by atoms with Gasteiger partial charge in [-0.25, -0.2) is 0 Å². The summed E-state index contributed by atoms with van der Waals surface area (Å²) in [6, 6.07) is 14.9. The first kappa shape index (κ1) is 17.7. The molecule has 1 N–H and O–H groups in total. The van der Waals surface area contributed by atoms with E-state index in [1.54, 1.807) is 36.3 Å². The van der Waals surface area contributed by atoms with E-state index in [9.17, 15) is 4.79 Å². The van der Waals surface area contributed by atoms with E-state index in [4.69, 9.17) is 9.78 Å². The fourth-order valence-electron chi connectivity index (χ4n) is 2.29. The summed E-state index contributed by atoms with van der Waals surface area (Å²) < 4.78 is 5.20. The van der Waals surface area contributed by atoms with Crippen molar-refractivity contribution in [1.82, 2.24) is 15.5 Å². The molecule has 0 fully saturated rings. The van der Waals surface area contributed by atoms with Crippen LogP contribution >= 0.6 is 11.8 Å². The van der Waals surface area contributed by atoms with Gasteiger partial charge in [0.15, 0.2) is 11.5 Å². The molecular formula is C19H16N4O2S. The molecule has 130 valence electrons. The van der Waals surface area contributed by atoms with Gasteiger partial charge in [-0.2, -0.15) is 17.0 Å². The van der Waals surface area contributed by atoms with Crippen LogP contribution in [0.25, 0.3) is 11.3 Å². The highest BCUT2D eigenvalue weighted by molar-refractivity contribution is 7.98. The first-order chi connectivity index (χ1) is 12.8. The standard InChI is InChI=1S/C19H16N4O2S/c20-11-14-4-1-2-5-16(14)13-26-9-8-22-19(24)17-10-18(25-23-17)15-6-3-7-21-12-15/h1-7,10,12H,8-9,13H2,(H,22,24). The molecule has 0 atom stereocenters. The third-order valence-corrected chi connectivity index (χ3v) is 4.62. The zero-order valence-corrected chi connectivity index (χ0v) is 14.7. The fraction of sp³-hybridized carbons (Fsp3) is 0.158. The Bertz CT molecular complexity index is 919. The maximum atomic E-state index is 12.1. The van der Waals surface area contributed by atoms with E-state index in [2.05, 4.69) is 21.5 Å². The summed E-state index contributed by atoms with van der Waals surface area (Å²) in [7, 11) is 0. The van der Waals surface area contributed by atoms with Crippen molar-refractivity contribution in [2.75, 3.05) is 12.3 Å². The molecule has 1 aromatic carbocycles. The molecule has 3 aromatic rings. The monoisotopic (exact) mass is 364 g/mol. The van der Waals surface area contributed by atoms with Crippen LogP contribution in [-0.4, -0.2) is 28.3 Å². The smallest absolute Gasteiger partial charge is 0.273 e. The third kappa shape index (κ3) is 4.49. The van der Waals surface area contributed by atoms with Gasteiger partial charge in [-0.3, -0.25) is 9.78 Å². The SMILES string of the molecule is N#Cc1ccccc1CSCCNC(=O)c1cc(-c2cccnc2)on1. The van der Waals surface area contributed by atoms with Gasteiger partial charge in [0.25, 0.3) is 5.91 Å². The maximum Gasteiger partial charge on any atom is 0.273 e. The molecule has 0 aliphatic carbocycles. The summed E-state index contributed by atoms with van der Waals surface area (Å²) in [5.74, 6) is 1.70. The Morgan fingerprint density at radius 1 is 1.27 bits per heavy atom. The molecule has 26 heavy (non-hydrogen) atoms. The highest BCUT2D eigenvalue weighted by Gasteiger charge is 2.13. The Morgan fingerprint density at radius 3 is 2.96 bits per heavy atom. The summed E-state index contributed by atoms with van der Waals surface area (Å²) in [6.45, 7) is 0.507. The van der Waals surface area contributed by atoms with Crippen molar-refractivity contribution < 1.29 is 9.32 Å². The first-order valence-corrected chi connectivity index (χ1v) is 9.14. The van der Waals surface area contributed by atoms with E-state index in [1.165, 1.54) is 0 Å². The number of pyridine rings is 1. The molecule has 2 aromatic heterocycles. The Hall–Kier alpha value is -3.11. The lowest BCUT2D eigenvalue weighted by molar-refractivity contribution is 0.0947. The van der Waals surface area contributed by atoms with E-state index in [0.29, 0.717) is 17.9 Å². The predicted molar refractivity (Wildman–Crippen MR) is 99.4 cm³/mol. The van der Waals surface area contributed by atoms with Gasteiger partial charge in [-0.05, 0) is 23.8 Å². The molecule has 0 radical (unpaired) electrons. The predicted octanol–water partition coefficient (Wildman–Crippen LogP) is 3.27. The van der Waals surface area contributed by atoms with Crippen molar-refractivity contribution >= 4 is 17.7 Å². The molecule has 6 nitrogen and oxygen atoms in total. The minimum Gasteiger partial charge on any atom is -0.355 e. The van der Waals surface area contributed by atoms with Gasteiger partial charge in [0.1, 0.15) is 0 Å². The van der Waals surface area contributed by atoms with Crippen LogP contribution in [0, 0.1) is 11.3 Å². The average Bonchev–Trinajstić information content (AvgIpc) is 3.19. The van der Waals surface area contributed by atoms with Crippen molar-refractivity contribution in [2.24, 2.45) is 0 Å². The fourth-order valence-corrected chi connectivity index (χ4v) is 3.15. The number of nitrogens with zero attached hydrogens (tertiary/aromatic N) is 3. The topological polar surface area (TPSA) is 91.8 Å². The molecule has 7 heteroatoms. The second kappa shape index (κ2) is 8.83. The van der Waals surface area contributed by atoms with Crippen LogP contribution in [0.15, 0.2) is 59.4 Å². The molecule has 0 spiro atoms.